The number of benzene rings is 3. The van der Waals surface area contributed by atoms with Gasteiger partial charge in [0.25, 0.3) is 0 Å². The molecule has 0 spiro atoms. The van der Waals surface area contributed by atoms with Crippen molar-refractivity contribution in [2.75, 3.05) is 31.2 Å². The van der Waals surface area contributed by atoms with E-state index < -0.39 is 17.6 Å². The van der Waals surface area contributed by atoms with Gasteiger partial charge in [0.05, 0.1) is 23.4 Å². The summed E-state index contributed by atoms with van der Waals surface area (Å²) in [6, 6.07) is 16.5. The number of fused-ring (bicyclic) bond motifs is 1. The second kappa shape index (κ2) is 11.7. The number of nitrogens with zero attached hydrogens (tertiary/aromatic N) is 3. The first-order valence-corrected chi connectivity index (χ1v) is 13.1. The van der Waals surface area contributed by atoms with Gasteiger partial charge in [0.1, 0.15) is 23.5 Å². The zero-order valence-corrected chi connectivity index (χ0v) is 22.0. The van der Waals surface area contributed by atoms with Gasteiger partial charge in [-0.25, -0.2) is 13.6 Å². The molecule has 1 saturated heterocycles. The summed E-state index contributed by atoms with van der Waals surface area (Å²) in [5.41, 5.74) is 10.3. The van der Waals surface area contributed by atoms with Crippen LogP contribution < -0.4 is 15.4 Å². The summed E-state index contributed by atoms with van der Waals surface area (Å²) >= 11 is 0. The highest BCUT2D eigenvalue weighted by molar-refractivity contribution is 6.02. The molecule has 1 aliphatic rings. The predicted octanol–water partition coefficient (Wildman–Crippen LogP) is 5.59. The predicted molar refractivity (Wildman–Crippen MR) is 149 cm³/mol. The minimum atomic E-state index is -0.674. The van der Waals surface area contributed by atoms with Crippen molar-refractivity contribution in [1.29, 1.82) is 5.26 Å². The van der Waals surface area contributed by atoms with Crippen LogP contribution in [0.3, 0.4) is 0 Å². The van der Waals surface area contributed by atoms with Gasteiger partial charge in [0.15, 0.2) is 6.61 Å². The first-order valence-electron chi connectivity index (χ1n) is 13.1. The number of carbonyl (C=O) groups excluding carboxylic acids is 1. The first-order chi connectivity index (χ1) is 19.4. The van der Waals surface area contributed by atoms with Gasteiger partial charge in [-0.1, -0.05) is 18.2 Å². The molecule has 0 amide bonds. The highest BCUT2D eigenvalue weighted by atomic mass is 19.1. The molecular formula is C31H28F2N4O3. The summed E-state index contributed by atoms with van der Waals surface area (Å²) in [7, 11) is 0. The summed E-state index contributed by atoms with van der Waals surface area (Å²) in [6.45, 7) is 2.92. The summed E-state index contributed by atoms with van der Waals surface area (Å²) in [5, 5.41) is 10.5. The number of aromatic nitrogens is 1. The van der Waals surface area contributed by atoms with Gasteiger partial charge in [-0.15, -0.1) is 0 Å². The van der Waals surface area contributed by atoms with E-state index in [0.29, 0.717) is 35.3 Å². The number of halogens is 2. The average Bonchev–Trinajstić information content (AvgIpc) is 2.95. The van der Waals surface area contributed by atoms with Crippen LogP contribution in [0.15, 0.2) is 60.8 Å². The molecule has 0 aliphatic carbocycles. The van der Waals surface area contributed by atoms with E-state index in [2.05, 4.69) is 16.0 Å². The summed E-state index contributed by atoms with van der Waals surface area (Å²) < 4.78 is 39.3. The standard InChI is InChI=1S/C31H28F2N4O3/c1-2-39-29(38)18-40-31-20(16-34)4-3-5-25(31)19-6-7-28-26(14-19)30(37-10-8-24(35)9-11-37)27(17-36-28)21-12-22(32)15-23(33)13-21/h3-7,12-15,17,24H,2,8-11,18,35H2,1H3. The van der Waals surface area contributed by atoms with Crippen LogP contribution in [0, 0.1) is 23.0 Å². The Kier molecular flexibility index (Phi) is 7.89. The lowest BCUT2D eigenvalue weighted by atomic mass is 9.95. The molecule has 204 valence electrons. The number of rotatable bonds is 7. The van der Waals surface area contributed by atoms with Crippen LogP contribution in [-0.4, -0.2) is 43.3 Å². The van der Waals surface area contributed by atoms with E-state index in [1.54, 1.807) is 31.3 Å². The van der Waals surface area contributed by atoms with Crippen molar-refractivity contribution in [2.45, 2.75) is 25.8 Å². The number of nitrogens with two attached hydrogens (primary N) is 1. The Morgan fingerprint density at radius 3 is 2.52 bits per heavy atom. The van der Waals surface area contributed by atoms with E-state index >= 15 is 0 Å². The molecular weight excluding hydrogens is 514 g/mol. The zero-order chi connectivity index (χ0) is 28.2. The molecule has 3 aromatic carbocycles. The van der Waals surface area contributed by atoms with Crippen molar-refractivity contribution < 1.29 is 23.0 Å². The normalized spacial score (nSPS) is 13.7. The topological polar surface area (TPSA) is 101 Å². The van der Waals surface area contributed by atoms with E-state index in [9.17, 15) is 18.8 Å². The van der Waals surface area contributed by atoms with Crippen LogP contribution in [0.25, 0.3) is 33.2 Å². The van der Waals surface area contributed by atoms with Crippen LogP contribution >= 0.6 is 0 Å². The molecule has 4 aromatic rings. The molecule has 9 heteroatoms. The van der Waals surface area contributed by atoms with Crippen LogP contribution in [0.5, 0.6) is 5.75 Å². The van der Waals surface area contributed by atoms with Gasteiger partial charge in [-0.3, -0.25) is 4.98 Å². The second-order valence-corrected chi connectivity index (χ2v) is 9.62. The quantitative estimate of drug-likeness (QED) is 0.304. The van der Waals surface area contributed by atoms with Gasteiger partial charge in [-0.2, -0.15) is 5.26 Å². The lowest BCUT2D eigenvalue weighted by Gasteiger charge is -2.34. The summed E-state index contributed by atoms with van der Waals surface area (Å²) in [5.74, 6) is -1.62. The number of nitriles is 1. The monoisotopic (exact) mass is 542 g/mol. The Morgan fingerprint density at radius 1 is 1.07 bits per heavy atom. The molecule has 7 nitrogen and oxygen atoms in total. The van der Waals surface area contributed by atoms with Crippen LogP contribution in [0.1, 0.15) is 25.3 Å². The van der Waals surface area contributed by atoms with E-state index in [-0.39, 0.29) is 30.6 Å². The molecule has 2 N–H and O–H groups in total. The van der Waals surface area contributed by atoms with Crippen LogP contribution in [0.2, 0.25) is 0 Å². The number of para-hydroxylation sites is 1. The van der Waals surface area contributed by atoms with Crippen molar-refractivity contribution in [3.8, 4) is 34.1 Å². The van der Waals surface area contributed by atoms with Crippen molar-refractivity contribution in [3.63, 3.8) is 0 Å². The van der Waals surface area contributed by atoms with E-state index in [1.165, 1.54) is 12.1 Å². The maximum atomic E-state index is 14.3. The minimum Gasteiger partial charge on any atom is -0.480 e. The Hall–Kier alpha value is -4.55. The van der Waals surface area contributed by atoms with Gasteiger partial charge in [0.2, 0.25) is 0 Å². The molecule has 0 radical (unpaired) electrons. The highest BCUT2D eigenvalue weighted by Crippen LogP contribution is 2.41. The van der Waals surface area contributed by atoms with Gasteiger partial charge < -0.3 is 20.1 Å². The number of ether oxygens (including phenoxy) is 2. The van der Waals surface area contributed by atoms with Crippen molar-refractivity contribution >= 4 is 22.6 Å². The molecule has 0 bridgehead atoms. The maximum Gasteiger partial charge on any atom is 0.344 e. The highest BCUT2D eigenvalue weighted by Gasteiger charge is 2.23. The number of carbonyl (C=O) groups is 1. The molecule has 0 atom stereocenters. The number of piperidine rings is 1. The molecule has 40 heavy (non-hydrogen) atoms. The number of esters is 1. The Bertz CT molecular complexity index is 1590. The van der Waals surface area contributed by atoms with Crippen LogP contribution in [0.4, 0.5) is 14.5 Å². The molecule has 5 rings (SSSR count). The SMILES string of the molecule is CCOC(=O)COc1c(C#N)cccc1-c1ccc2ncc(-c3cc(F)cc(F)c3)c(N3CCC(N)CC3)c2c1. The lowest BCUT2D eigenvalue weighted by Crippen LogP contribution is -2.40. The smallest absolute Gasteiger partial charge is 0.344 e. The third-order valence-electron chi connectivity index (χ3n) is 6.96. The molecule has 0 saturated carbocycles. The number of hydrogen-bond acceptors (Lipinski definition) is 7. The van der Waals surface area contributed by atoms with Crippen molar-refractivity contribution in [1.82, 2.24) is 4.98 Å². The lowest BCUT2D eigenvalue weighted by molar-refractivity contribution is -0.145. The summed E-state index contributed by atoms with van der Waals surface area (Å²) in [4.78, 5) is 18.8. The number of hydrogen-bond donors (Lipinski definition) is 1. The Morgan fingerprint density at radius 2 is 1.82 bits per heavy atom. The zero-order valence-electron chi connectivity index (χ0n) is 22.0. The third-order valence-corrected chi connectivity index (χ3v) is 6.96. The van der Waals surface area contributed by atoms with Gasteiger partial charge in [-0.05, 0) is 61.2 Å². The first kappa shape index (κ1) is 27.0. The molecule has 1 fully saturated rings. The fourth-order valence-corrected chi connectivity index (χ4v) is 5.07. The van der Waals surface area contributed by atoms with Gasteiger partial charge in [0, 0.05) is 47.9 Å². The fraction of sp³-hybridized carbons (Fsp3) is 0.258. The van der Waals surface area contributed by atoms with Crippen molar-refractivity contribution in [3.05, 3.63) is 78.0 Å². The molecule has 0 unspecified atom stereocenters. The van der Waals surface area contributed by atoms with E-state index in [0.717, 1.165) is 35.5 Å². The van der Waals surface area contributed by atoms with E-state index in [1.807, 2.05) is 18.2 Å². The fourth-order valence-electron chi connectivity index (χ4n) is 5.07. The third kappa shape index (κ3) is 5.58. The molecule has 1 aromatic heterocycles. The number of anilines is 1. The second-order valence-electron chi connectivity index (χ2n) is 9.62. The molecule has 2 heterocycles. The summed E-state index contributed by atoms with van der Waals surface area (Å²) in [6.07, 6.45) is 3.19. The van der Waals surface area contributed by atoms with Crippen LogP contribution in [-0.2, 0) is 9.53 Å². The maximum absolute atomic E-state index is 14.3. The van der Waals surface area contributed by atoms with Crippen molar-refractivity contribution in [2.24, 2.45) is 5.73 Å². The Balaban J connectivity index is 1.68. The average molecular weight is 543 g/mol. The largest absolute Gasteiger partial charge is 0.480 e. The molecule has 1 aliphatic heterocycles. The minimum absolute atomic E-state index is 0.0859. The van der Waals surface area contributed by atoms with E-state index in [4.69, 9.17) is 15.2 Å². The Labute approximate surface area is 230 Å². The number of pyridine rings is 1. The van der Waals surface area contributed by atoms with Gasteiger partial charge >= 0.3 is 5.97 Å².